The van der Waals surface area contributed by atoms with Crippen LogP contribution in [0.2, 0.25) is 0 Å². The Morgan fingerprint density at radius 3 is 2.42 bits per heavy atom. The van der Waals surface area contributed by atoms with Gasteiger partial charge in [0.25, 0.3) is 0 Å². The van der Waals surface area contributed by atoms with Crippen molar-refractivity contribution in [3.63, 3.8) is 0 Å². The second kappa shape index (κ2) is 3.97. The Balaban J connectivity index is 2.84. The van der Waals surface area contributed by atoms with Crippen molar-refractivity contribution in [3.8, 4) is 0 Å². The highest BCUT2D eigenvalue weighted by Crippen LogP contribution is 2.18. The molecular weight excluding hydrogens is 152 g/mol. The lowest BCUT2D eigenvalue weighted by atomic mass is 10.0. The third kappa shape index (κ3) is 1.89. The van der Waals surface area contributed by atoms with E-state index in [4.69, 9.17) is 5.73 Å². The van der Waals surface area contributed by atoms with Gasteiger partial charge in [-0.05, 0) is 35.3 Å². The zero-order valence-electron chi connectivity index (χ0n) is 7.03. The SMILES string of the molecule is CC(CN)c1ccc(N=O)cc1. The molecule has 0 heterocycles. The van der Waals surface area contributed by atoms with Crippen LogP contribution in [0.4, 0.5) is 5.69 Å². The number of hydrogen-bond donors (Lipinski definition) is 1. The number of nitroso groups, excluding NO2 is 1. The van der Waals surface area contributed by atoms with Crippen molar-refractivity contribution < 1.29 is 0 Å². The summed E-state index contributed by atoms with van der Waals surface area (Å²) in [6.45, 7) is 2.66. The zero-order chi connectivity index (χ0) is 8.97. The molecule has 0 aromatic heterocycles. The van der Waals surface area contributed by atoms with Gasteiger partial charge in [0.05, 0.1) is 0 Å². The summed E-state index contributed by atoms with van der Waals surface area (Å²) >= 11 is 0. The first kappa shape index (κ1) is 8.87. The first-order chi connectivity index (χ1) is 5.77. The van der Waals surface area contributed by atoms with Gasteiger partial charge in [-0.25, -0.2) is 0 Å². The molecule has 1 aromatic rings. The van der Waals surface area contributed by atoms with Gasteiger partial charge in [-0.1, -0.05) is 19.1 Å². The average Bonchev–Trinajstić information content (AvgIpc) is 2.17. The Labute approximate surface area is 71.6 Å². The minimum Gasteiger partial charge on any atom is -0.330 e. The van der Waals surface area contributed by atoms with E-state index in [1.807, 2.05) is 19.1 Å². The van der Waals surface area contributed by atoms with Crippen molar-refractivity contribution in [2.45, 2.75) is 12.8 Å². The zero-order valence-corrected chi connectivity index (χ0v) is 7.03. The fraction of sp³-hybridized carbons (Fsp3) is 0.333. The summed E-state index contributed by atoms with van der Waals surface area (Å²) in [5.41, 5.74) is 7.09. The number of rotatable bonds is 3. The molecule has 0 saturated carbocycles. The van der Waals surface area contributed by atoms with Gasteiger partial charge in [0, 0.05) is 0 Å². The van der Waals surface area contributed by atoms with Crippen LogP contribution in [0, 0.1) is 4.91 Å². The summed E-state index contributed by atoms with van der Waals surface area (Å²) in [6, 6.07) is 7.17. The number of nitrogens with two attached hydrogens (primary N) is 1. The second-order valence-corrected chi connectivity index (χ2v) is 2.82. The number of nitrogens with zero attached hydrogens (tertiary/aromatic N) is 1. The van der Waals surface area contributed by atoms with Crippen molar-refractivity contribution >= 4 is 5.69 Å². The Morgan fingerprint density at radius 2 is 2.00 bits per heavy atom. The van der Waals surface area contributed by atoms with Crippen LogP contribution in [0.15, 0.2) is 29.4 Å². The van der Waals surface area contributed by atoms with E-state index >= 15 is 0 Å². The molecule has 3 heteroatoms. The molecule has 1 aromatic carbocycles. The van der Waals surface area contributed by atoms with Crippen LogP contribution in [-0.4, -0.2) is 6.54 Å². The fourth-order valence-electron chi connectivity index (χ4n) is 1.000. The van der Waals surface area contributed by atoms with Gasteiger partial charge in [0.2, 0.25) is 0 Å². The van der Waals surface area contributed by atoms with Crippen LogP contribution in [0.25, 0.3) is 0 Å². The third-order valence-electron chi connectivity index (χ3n) is 1.92. The van der Waals surface area contributed by atoms with Crippen LogP contribution < -0.4 is 5.73 Å². The van der Waals surface area contributed by atoms with Gasteiger partial charge in [0.15, 0.2) is 0 Å². The summed E-state index contributed by atoms with van der Waals surface area (Å²) in [5.74, 6) is 0.339. The van der Waals surface area contributed by atoms with Crippen molar-refractivity contribution in [2.24, 2.45) is 10.9 Å². The summed E-state index contributed by atoms with van der Waals surface area (Å²) in [5, 5.41) is 2.82. The molecule has 1 unspecified atom stereocenters. The van der Waals surface area contributed by atoms with Crippen LogP contribution in [-0.2, 0) is 0 Å². The Hall–Kier alpha value is -1.22. The molecular formula is C9H12N2O. The molecule has 0 aliphatic heterocycles. The van der Waals surface area contributed by atoms with Crippen molar-refractivity contribution in [1.82, 2.24) is 0 Å². The van der Waals surface area contributed by atoms with E-state index < -0.39 is 0 Å². The molecule has 64 valence electrons. The van der Waals surface area contributed by atoms with E-state index in [1.54, 1.807) is 12.1 Å². The molecule has 3 nitrogen and oxygen atoms in total. The third-order valence-corrected chi connectivity index (χ3v) is 1.92. The molecule has 1 atom stereocenters. The molecule has 12 heavy (non-hydrogen) atoms. The first-order valence-corrected chi connectivity index (χ1v) is 3.91. The van der Waals surface area contributed by atoms with Gasteiger partial charge in [-0.2, -0.15) is 0 Å². The second-order valence-electron chi connectivity index (χ2n) is 2.82. The maximum atomic E-state index is 10.1. The maximum Gasteiger partial charge on any atom is 0.108 e. The lowest BCUT2D eigenvalue weighted by Gasteiger charge is -2.07. The van der Waals surface area contributed by atoms with E-state index in [0.717, 1.165) is 5.56 Å². The topological polar surface area (TPSA) is 55.4 Å². The lowest BCUT2D eigenvalue weighted by Crippen LogP contribution is -2.08. The molecule has 0 amide bonds. The summed E-state index contributed by atoms with van der Waals surface area (Å²) in [7, 11) is 0. The summed E-state index contributed by atoms with van der Waals surface area (Å²) in [4.78, 5) is 10.1. The Morgan fingerprint density at radius 1 is 1.42 bits per heavy atom. The Bertz CT molecular complexity index is 256. The maximum absolute atomic E-state index is 10.1. The predicted molar refractivity (Wildman–Crippen MR) is 49.4 cm³/mol. The number of benzene rings is 1. The molecule has 0 saturated heterocycles. The van der Waals surface area contributed by atoms with Crippen LogP contribution >= 0.6 is 0 Å². The molecule has 0 aliphatic carbocycles. The normalized spacial score (nSPS) is 12.5. The fourth-order valence-corrected chi connectivity index (χ4v) is 1.000. The predicted octanol–water partition coefficient (Wildman–Crippen LogP) is 2.15. The van der Waals surface area contributed by atoms with Crippen molar-refractivity contribution in [3.05, 3.63) is 34.7 Å². The largest absolute Gasteiger partial charge is 0.330 e. The monoisotopic (exact) mass is 164 g/mol. The summed E-state index contributed by atoms with van der Waals surface area (Å²) in [6.07, 6.45) is 0. The first-order valence-electron chi connectivity index (χ1n) is 3.91. The van der Waals surface area contributed by atoms with E-state index in [2.05, 4.69) is 5.18 Å². The minimum atomic E-state index is 0.339. The standard InChI is InChI=1S/C9H12N2O/c1-7(6-10)8-2-4-9(11-12)5-3-8/h2-5,7H,6,10H2,1H3. The van der Waals surface area contributed by atoms with E-state index in [0.29, 0.717) is 18.2 Å². The molecule has 1 rings (SSSR count). The molecule has 0 spiro atoms. The van der Waals surface area contributed by atoms with Crippen LogP contribution in [0.1, 0.15) is 18.4 Å². The molecule has 2 N–H and O–H groups in total. The van der Waals surface area contributed by atoms with Gasteiger partial charge in [-0.3, -0.25) is 0 Å². The van der Waals surface area contributed by atoms with Crippen LogP contribution in [0.5, 0.6) is 0 Å². The Kier molecular flexibility index (Phi) is 2.94. The average molecular weight is 164 g/mol. The number of hydrogen-bond acceptors (Lipinski definition) is 3. The highest BCUT2D eigenvalue weighted by Gasteiger charge is 2.01. The minimum absolute atomic E-state index is 0.339. The highest BCUT2D eigenvalue weighted by molar-refractivity contribution is 5.39. The highest BCUT2D eigenvalue weighted by atomic mass is 16.3. The smallest absolute Gasteiger partial charge is 0.108 e. The quantitative estimate of drug-likeness (QED) is 0.696. The van der Waals surface area contributed by atoms with Gasteiger partial charge >= 0.3 is 0 Å². The van der Waals surface area contributed by atoms with Gasteiger partial charge < -0.3 is 5.73 Å². The molecule has 0 fully saturated rings. The molecule has 0 aliphatic rings. The van der Waals surface area contributed by atoms with E-state index in [1.165, 1.54) is 0 Å². The lowest BCUT2D eigenvalue weighted by molar-refractivity contribution is 0.774. The van der Waals surface area contributed by atoms with Crippen LogP contribution in [0.3, 0.4) is 0 Å². The van der Waals surface area contributed by atoms with Crippen molar-refractivity contribution in [1.29, 1.82) is 0 Å². The molecule has 0 bridgehead atoms. The van der Waals surface area contributed by atoms with Crippen molar-refractivity contribution in [2.75, 3.05) is 6.54 Å². The molecule has 0 radical (unpaired) electrons. The summed E-state index contributed by atoms with van der Waals surface area (Å²) < 4.78 is 0. The van der Waals surface area contributed by atoms with Gasteiger partial charge in [-0.15, -0.1) is 4.91 Å². The van der Waals surface area contributed by atoms with E-state index in [-0.39, 0.29) is 0 Å². The van der Waals surface area contributed by atoms with Gasteiger partial charge in [0.1, 0.15) is 5.69 Å². The van der Waals surface area contributed by atoms with E-state index in [9.17, 15) is 4.91 Å².